The van der Waals surface area contributed by atoms with Crippen molar-refractivity contribution in [1.82, 2.24) is 0 Å². The van der Waals surface area contributed by atoms with E-state index < -0.39 is 11.8 Å². The van der Waals surface area contributed by atoms with Crippen LogP contribution >= 0.6 is 0 Å². The average Bonchev–Trinajstić information content (AvgIpc) is 2.62. The van der Waals surface area contributed by atoms with Gasteiger partial charge < -0.3 is 9.47 Å². The number of carbonyl (C=O) groups excluding carboxylic acids is 1. The minimum atomic E-state index is -0.583. The van der Waals surface area contributed by atoms with Crippen LogP contribution in [0.2, 0.25) is 0 Å². The number of hydrogen-bond acceptors (Lipinski definition) is 3. The van der Waals surface area contributed by atoms with E-state index in [0.717, 1.165) is 30.2 Å². The Hall–Kier alpha value is -1.58. The molecule has 0 bridgehead atoms. The molecule has 0 aromatic heterocycles. The second-order valence-electron chi connectivity index (χ2n) is 7.45. The molecule has 3 rings (SSSR count). The lowest BCUT2D eigenvalue weighted by Crippen LogP contribution is -2.29. The molecule has 3 nitrogen and oxygen atoms in total. The Morgan fingerprint density at radius 1 is 1.12 bits per heavy atom. The zero-order chi connectivity index (χ0) is 17.8. The van der Waals surface area contributed by atoms with Crippen LogP contribution in [0.5, 0.6) is 5.75 Å². The Balaban J connectivity index is 1.59. The van der Waals surface area contributed by atoms with Gasteiger partial charge in [0.05, 0.1) is 6.61 Å². The quantitative estimate of drug-likeness (QED) is 0.654. The van der Waals surface area contributed by atoms with Crippen LogP contribution in [-0.2, 0) is 11.2 Å². The Bertz CT molecular complexity index is 605. The average molecular weight is 348 g/mol. The van der Waals surface area contributed by atoms with Gasteiger partial charge in [-0.1, -0.05) is 45.1 Å². The number of carbonyl (C=O) groups is 1. The maximum atomic E-state index is 14.4. The van der Waals surface area contributed by atoms with Gasteiger partial charge in [0.25, 0.3) is 0 Å². The summed E-state index contributed by atoms with van der Waals surface area (Å²) in [4.78, 5) is 12.3. The zero-order valence-electron chi connectivity index (χ0n) is 15.4. The van der Waals surface area contributed by atoms with Gasteiger partial charge in [0, 0.05) is 6.42 Å². The van der Waals surface area contributed by atoms with E-state index in [1.807, 2.05) is 6.07 Å². The van der Waals surface area contributed by atoms with Crippen molar-refractivity contribution in [2.24, 2.45) is 11.8 Å². The van der Waals surface area contributed by atoms with E-state index in [1.54, 1.807) is 13.0 Å². The molecule has 25 heavy (non-hydrogen) atoms. The Labute approximate surface area is 149 Å². The molecule has 1 saturated carbocycles. The van der Waals surface area contributed by atoms with Crippen LogP contribution in [0.4, 0.5) is 4.39 Å². The van der Waals surface area contributed by atoms with E-state index in [0.29, 0.717) is 13.0 Å². The summed E-state index contributed by atoms with van der Waals surface area (Å²) in [5, 5.41) is 0. The molecule has 4 heteroatoms. The van der Waals surface area contributed by atoms with Gasteiger partial charge in [0.2, 0.25) is 0 Å². The molecule has 1 aromatic rings. The summed E-state index contributed by atoms with van der Waals surface area (Å²) >= 11 is 0. The number of rotatable bonds is 6. The standard InChI is InChI=1S/C21H29FO3/c1-3-14-5-7-15(8-6-14)9-11-17-13-16-10-12-18(24-4-2)20(22)19(16)21(23)25-17/h10,12,14-15,17H,3-9,11,13H2,1-2H3. The smallest absolute Gasteiger partial charge is 0.341 e. The third-order valence-corrected chi connectivity index (χ3v) is 5.86. The zero-order valence-corrected chi connectivity index (χ0v) is 15.4. The van der Waals surface area contributed by atoms with Crippen molar-refractivity contribution in [3.63, 3.8) is 0 Å². The van der Waals surface area contributed by atoms with E-state index in [9.17, 15) is 9.18 Å². The second-order valence-corrected chi connectivity index (χ2v) is 7.45. The Morgan fingerprint density at radius 3 is 2.52 bits per heavy atom. The first kappa shape index (κ1) is 18.2. The van der Waals surface area contributed by atoms with Crippen LogP contribution in [0.3, 0.4) is 0 Å². The summed E-state index contributed by atoms with van der Waals surface area (Å²) in [5.74, 6) is 0.656. The number of esters is 1. The highest BCUT2D eigenvalue weighted by molar-refractivity contribution is 5.93. The molecular formula is C21H29FO3. The number of cyclic esters (lactones) is 1. The molecule has 0 N–H and O–H groups in total. The fourth-order valence-electron chi connectivity index (χ4n) is 4.26. The summed E-state index contributed by atoms with van der Waals surface area (Å²) in [5.41, 5.74) is 0.808. The summed E-state index contributed by atoms with van der Waals surface area (Å²) in [6, 6.07) is 3.43. The minimum Gasteiger partial charge on any atom is -0.491 e. The molecule has 138 valence electrons. The predicted molar refractivity (Wildman–Crippen MR) is 95.4 cm³/mol. The van der Waals surface area contributed by atoms with Crippen molar-refractivity contribution in [2.45, 2.75) is 71.3 Å². The maximum Gasteiger partial charge on any atom is 0.341 e. The molecule has 1 aromatic carbocycles. The minimum absolute atomic E-state index is 0.0608. The molecule has 1 aliphatic carbocycles. The van der Waals surface area contributed by atoms with Crippen molar-refractivity contribution < 1.29 is 18.7 Å². The highest BCUT2D eigenvalue weighted by atomic mass is 19.1. The first-order valence-electron chi connectivity index (χ1n) is 9.77. The van der Waals surface area contributed by atoms with Gasteiger partial charge in [0.15, 0.2) is 11.6 Å². The van der Waals surface area contributed by atoms with Crippen molar-refractivity contribution in [1.29, 1.82) is 0 Å². The molecule has 1 fully saturated rings. The maximum absolute atomic E-state index is 14.4. The van der Waals surface area contributed by atoms with Crippen molar-refractivity contribution >= 4 is 5.97 Å². The number of benzene rings is 1. The van der Waals surface area contributed by atoms with E-state index in [1.165, 1.54) is 32.1 Å². The number of ether oxygens (including phenoxy) is 2. The third-order valence-electron chi connectivity index (χ3n) is 5.86. The predicted octanol–water partition coefficient (Wildman–Crippen LogP) is 5.30. The van der Waals surface area contributed by atoms with Crippen LogP contribution in [0.25, 0.3) is 0 Å². The van der Waals surface area contributed by atoms with E-state index in [-0.39, 0.29) is 17.4 Å². The topological polar surface area (TPSA) is 35.5 Å². The van der Waals surface area contributed by atoms with Crippen molar-refractivity contribution in [3.8, 4) is 5.75 Å². The normalized spacial score (nSPS) is 26.0. The molecule has 1 heterocycles. The number of fused-ring (bicyclic) bond motifs is 1. The molecule has 0 spiro atoms. The molecule has 0 saturated heterocycles. The Morgan fingerprint density at radius 2 is 1.84 bits per heavy atom. The summed E-state index contributed by atoms with van der Waals surface area (Å²) in [6.07, 6.45) is 9.00. The van der Waals surface area contributed by atoms with E-state index in [4.69, 9.17) is 9.47 Å². The lowest BCUT2D eigenvalue weighted by Gasteiger charge is -2.30. The van der Waals surface area contributed by atoms with Gasteiger partial charge in [-0.05, 0) is 43.2 Å². The number of hydrogen-bond donors (Lipinski definition) is 0. The van der Waals surface area contributed by atoms with Crippen molar-refractivity contribution in [3.05, 3.63) is 29.1 Å². The first-order chi connectivity index (χ1) is 12.1. The lowest BCUT2D eigenvalue weighted by atomic mass is 9.78. The summed E-state index contributed by atoms with van der Waals surface area (Å²) < 4.78 is 25.2. The monoisotopic (exact) mass is 348 g/mol. The highest BCUT2D eigenvalue weighted by Gasteiger charge is 2.31. The lowest BCUT2D eigenvalue weighted by molar-refractivity contribution is 0.0208. The van der Waals surface area contributed by atoms with Gasteiger partial charge in [0.1, 0.15) is 11.7 Å². The fourth-order valence-corrected chi connectivity index (χ4v) is 4.26. The SMILES string of the molecule is CCOc1ccc2c(c1F)C(=O)OC(CCC1CCC(CC)CC1)C2. The molecule has 0 amide bonds. The second kappa shape index (κ2) is 8.20. The van der Waals surface area contributed by atoms with Gasteiger partial charge in [-0.3, -0.25) is 0 Å². The summed E-state index contributed by atoms with van der Waals surface area (Å²) in [7, 11) is 0. The van der Waals surface area contributed by atoms with Gasteiger partial charge in [-0.25, -0.2) is 9.18 Å². The molecule has 2 aliphatic rings. The van der Waals surface area contributed by atoms with E-state index in [2.05, 4.69) is 6.92 Å². The van der Waals surface area contributed by atoms with Gasteiger partial charge >= 0.3 is 5.97 Å². The highest BCUT2D eigenvalue weighted by Crippen LogP contribution is 2.35. The van der Waals surface area contributed by atoms with Gasteiger partial charge in [-0.2, -0.15) is 0 Å². The molecule has 0 radical (unpaired) electrons. The van der Waals surface area contributed by atoms with Crippen LogP contribution < -0.4 is 4.74 Å². The Kier molecular flexibility index (Phi) is 5.98. The molecule has 1 atom stereocenters. The first-order valence-corrected chi connectivity index (χ1v) is 9.77. The van der Waals surface area contributed by atoms with Crippen LogP contribution in [-0.4, -0.2) is 18.7 Å². The largest absolute Gasteiger partial charge is 0.491 e. The molecule has 1 aliphatic heterocycles. The van der Waals surface area contributed by atoms with Crippen LogP contribution in [0.15, 0.2) is 12.1 Å². The van der Waals surface area contributed by atoms with E-state index >= 15 is 0 Å². The molecular weight excluding hydrogens is 319 g/mol. The van der Waals surface area contributed by atoms with Crippen LogP contribution in [0.1, 0.15) is 74.7 Å². The third kappa shape index (κ3) is 4.16. The fraction of sp³-hybridized carbons (Fsp3) is 0.667. The van der Waals surface area contributed by atoms with Gasteiger partial charge in [-0.15, -0.1) is 0 Å². The van der Waals surface area contributed by atoms with Crippen LogP contribution in [0, 0.1) is 17.7 Å². The molecule has 1 unspecified atom stereocenters. The number of halogens is 1. The summed E-state index contributed by atoms with van der Waals surface area (Å²) in [6.45, 7) is 4.44. The van der Waals surface area contributed by atoms with Crippen molar-refractivity contribution in [2.75, 3.05) is 6.61 Å².